The van der Waals surface area contributed by atoms with E-state index in [4.69, 9.17) is 4.74 Å². The molecule has 1 atom stereocenters. The lowest BCUT2D eigenvalue weighted by Gasteiger charge is -2.43. The van der Waals surface area contributed by atoms with Crippen molar-refractivity contribution in [3.8, 4) is 0 Å². The van der Waals surface area contributed by atoms with Crippen molar-refractivity contribution in [1.29, 1.82) is 0 Å². The number of carbonyl (C=O) groups excluding carboxylic acids is 2. The molecule has 0 radical (unpaired) electrons. The number of quaternary nitrogens is 1. The van der Waals surface area contributed by atoms with E-state index in [-0.39, 0.29) is 18.1 Å². The molecule has 1 saturated heterocycles. The van der Waals surface area contributed by atoms with Crippen molar-refractivity contribution in [2.24, 2.45) is 5.92 Å². The van der Waals surface area contributed by atoms with E-state index < -0.39 is 29.3 Å². The van der Waals surface area contributed by atoms with Gasteiger partial charge in [0.25, 0.3) is 5.91 Å². The van der Waals surface area contributed by atoms with Crippen molar-refractivity contribution < 1.29 is 28.0 Å². The van der Waals surface area contributed by atoms with Crippen molar-refractivity contribution in [1.82, 2.24) is 10.2 Å². The van der Waals surface area contributed by atoms with Gasteiger partial charge in [0.1, 0.15) is 23.4 Å². The molecule has 3 rings (SSSR count). The summed E-state index contributed by atoms with van der Waals surface area (Å²) in [5, 5.41) is 2.86. The molecule has 2 fully saturated rings. The second-order valence-electron chi connectivity index (χ2n) is 8.50. The van der Waals surface area contributed by atoms with Crippen molar-refractivity contribution in [2.45, 2.75) is 44.4 Å². The van der Waals surface area contributed by atoms with Gasteiger partial charge < -0.3 is 15.0 Å². The normalized spacial score (nSPS) is 26.9. The van der Waals surface area contributed by atoms with E-state index in [1.807, 2.05) is 14.1 Å². The highest BCUT2D eigenvalue weighted by Crippen LogP contribution is 2.43. The molecule has 1 spiro atoms. The molecule has 2 N–H and O–H groups in total. The molecule has 160 valence electrons. The van der Waals surface area contributed by atoms with Crippen molar-refractivity contribution in [2.75, 3.05) is 33.8 Å². The summed E-state index contributed by atoms with van der Waals surface area (Å²) in [4.78, 5) is 28.8. The predicted molar refractivity (Wildman–Crippen MR) is 103 cm³/mol. The zero-order valence-corrected chi connectivity index (χ0v) is 17.3. The van der Waals surface area contributed by atoms with E-state index in [1.54, 1.807) is 0 Å². The fraction of sp³-hybridized carbons (Fsp3) is 0.619. The maximum Gasteiger partial charge on any atom is 0.259 e. The summed E-state index contributed by atoms with van der Waals surface area (Å²) in [5.74, 6) is -2.12. The minimum Gasteiger partial charge on any atom is -0.353 e. The number of likely N-dealkylation sites (N-methyl/N-ethyl adjacent to an activating group) is 1. The van der Waals surface area contributed by atoms with Crippen LogP contribution in [0.4, 0.5) is 8.78 Å². The highest BCUT2D eigenvalue weighted by Gasteiger charge is 2.53. The largest absolute Gasteiger partial charge is 0.353 e. The molecule has 1 saturated carbocycles. The fourth-order valence-corrected chi connectivity index (χ4v) is 4.13. The molecule has 1 heterocycles. The smallest absolute Gasteiger partial charge is 0.259 e. The van der Waals surface area contributed by atoms with Gasteiger partial charge in [-0.2, -0.15) is 0 Å². The molecule has 29 heavy (non-hydrogen) atoms. The van der Waals surface area contributed by atoms with Gasteiger partial charge in [-0.25, -0.2) is 8.78 Å². The van der Waals surface area contributed by atoms with Crippen LogP contribution in [0, 0.1) is 17.6 Å². The first-order valence-corrected chi connectivity index (χ1v) is 10.2. The van der Waals surface area contributed by atoms with Crippen molar-refractivity contribution >= 4 is 11.8 Å². The van der Waals surface area contributed by atoms with Gasteiger partial charge in [0.2, 0.25) is 5.91 Å². The van der Waals surface area contributed by atoms with Crippen LogP contribution >= 0.6 is 0 Å². The second kappa shape index (κ2) is 8.75. The summed E-state index contributed by atoms with van der Waals surface area (Å²) in [6.45, 7) is 3.42. The highest BCUT2D eigenvalue weighted by molar-refractivity contribution is 5.98. The SMILES string of the molecule is CC1CCC2(CC1)OC[C@@H](C(=O)NCC[NH+](C)C)N2C(=O)c1ccc(F)cc1F. The molecule has 1 aromatic carbocycles. The average molecular weight is 410 g/mol. The Hall–Kier alpha value is -2.06. The number of nitrogens with zero attached hydrogens (tertiary/aromatic N) is 1. The van der Waals surface area contributed by atoms with Crippen LogP contribution in [0.3, 0.4) is 0 Å². The van der Waals surface area contributed by atoms with Crippen LogP contribution in [0.15, 0.2) is 18.2 Å². The molecule has 0 bridgehead atoms. The average Bonchev–Trinajstić information content (AvgIpc) is 3.02. The molecule has 8 heteroatoms. The summed E-state index contributed by atoms with van der Waals surface area (Å²) in [6.07, 6.45) is 2.89. The molecular weight excluding hydrogens is 380 g/mol. The lowest BCUT2D eigenvalue weighted by molar-refractivity contribution is -0.856. The third kappa shape index (κ3) is 4.59. The standard InChI is InChI=1S/C21H29F2N3O3/c1-14-6-8-21(9-7-14)26(20(28)16-5-4-15(22)12-17(16)23)18(13-29-21)19(27)24-10-11-25(2)3/h4-5,12,14,18H,6-11,13H2,1-3H3,(H,24,27)/p+1/t14?,18-,21?/m0/s1. The van der Waals surface area contributed by atoms with Gasteiger partial charge in [-0.3, -0.25) is 14.5 Å². The molecule has 1 aliphatic heterocycles. The molecule has 6 nitrogen and oxygen atoms in total. The van der Waals surface area contributed by atoms with E-state index in [0.29, 0.717) is 31.4 Å². The van der Waals surface area contributed by atoms with E-state index in [0.717, 1.165) is 31.5 Å². The monoisotopic (exact) mass is 410 g/mol. The lowest BCUT2D eigenvalue weighted by atomic mass is 9.83. The summed E-state index contributed by atoms with van der Waals surface area (Å²) in [6, 6.07) is 2.04. The summed E-state index contributed by atoms with van der Waals surface area (Å²) < 4.78 is 33.7. The predicted octanol–water partition coefficient (Wildman–Crippen LogP) is 0.973. The van der Waals surface area contributed by atoms with Crippen LogP contribution in [0.25, 0.3) is 0 Å². The van der Waals surface area contributed by atoms with Gasteiger partial charge >= 0.3 is 0 Å². The number of carbonyl (C=O) groups is 2. The van der Waals surface area contributed by atoms with E-state index >= 15 is 0 Å². The third-order valence-electron chi connectivity index (χ3n) is 5.92. The highest BCUT2D eigenvalue weighted by atomic mass is 19.1. The first-order valence-electron chi connectivity index (χ1n) is 10.2. The lowest BCUT2D eigenvalue weighted by Crippen LogP contribution is -3.06. The molecular formula is C21H30F2N3O3+. The number of hydrogen-bond donors (Lipinski definition) is 2. The number of rotatable bonds is 5. The maximum absolute atomic E-state index is 14.4. The summed E-state index contributed by atoms with van der Waals surface area (Å²) in [7, 11) is 3.96. The molecule has 2 amide bonds. The molecule has 1 aromatic rings. The van der Waals surface area contributed by atoms with Crippen LogP contribution in [0.1, 0.15) is 43.0 Å². The van der Waals surface area contributed by atoms with Crippen LogP contribution in [0.5, 0.6) is 0 Å². The Bertz CT molecular complexity index is 764. The Balaban J connectivity index is 1.88. The summed E-state index contributed by atoms with van der Waals surface area (Å²) in [5.41, 5.74) is -1.16. The second-order valence-corrected chi connectivity index (χ2v) is 8.50. The van der Waals surface area contributed by atoms with E-state index in [1.165, 1.54) is 9.80 Å². The number of ether oxygens (including phenoxy) is 1. The Morgan fingerprint density at radius 1 is 1.28 bits per heavy atom. The fourth-order valence-electron chi connectivity index (χ4n) is 4.13. The Morgan fingerprint density at radius 3 is 2.59 bits per heavy atom. The van der Waals surface area contributed by atoms with Gasteiger partial charge in [-0.05, 0) is 43.7 Å². The Kier molecular flexibility index (Phi) is 6.53. The number of nitrogens with one attached hydrogen (secondary N) is 2. The zero-order chi connectivity index (χ0) is 21.2. The number of hydrogen-bond acceptors (Lipinski definition) is 3. The molecule has 0 unspecified atom stereocenters. The first-order chi connectivity index (χ1) is 13.7. The number of benzene rings is 1. The van der Waals surface area contributed by atoms with Crippen molar-refractivity contribution in [3.63, 3.8) is 0 Å². The topological polar surface area (TPSA) is 63.1 Å². The summed E-state index contributed by atoms with van der Waals surface area (Å²) >= 11 is 0. The molecule has 1 aliphatic carbocycles. The number of halogens is 2. The zero-order valence-electron chi connectivity index (χ0n) is 17.3. The van der Waals surface area contributed by atoms with Gasteiger partial charge in [0, 0.05) is 6.07 Å². The Morgan fingerprint density at radius 2 is 1.97 bits per heavy atom. The van der Waals surface area contributed by atoms with Gasteiger partial charge in [0.15, 0.2) is 0 Å². The van der Waals surface area contributed by atoms with Gasteiger partial charge in [-0.15, -0.1) is 0 Å². The van der Waals surface area contributed by atoms with E-state index in [9.17, 15) is 18.4 Å². The third-order valence-corrected chi connectivity index (χ3v) is 5.92. The van der Waals surface area contributed by atoms with Crippen LogP contribution in [-0.2, 0) is 9.53 Å². The van der Waals surface area contributed by atoms with Gasteiger partial charge in [-0.1, -0.05) is 6.92 Å². The molecule has 0 aromatic heterocycles. The Labute approximate surface area is 170 Å². The minimum atomic E-state index is -0.934. The van der Waals surface area contributed by atoms with Crippen LogP contribution < -0.4 is 10.2 Å². The van der Waals surface area contributed by atoms with Crippen LogP contribution in [0.2, 0.25) is 0 Å². The quantitative estimate of drug-likeness (QED) is 0.761. The molecule has 2 aliphatic rings. The first kappa shape index (κ1) is 21.6. The minimum absolute atomic E-state index is 0.0730. The van der Waals surface area contributed by atoms with Crippen LogP contribution in [-0.4, -0.2) is 62.3 Å². The maximum atomic E-state index is 14.4. The number of amides is 2. The van der Waals surface area contributed by atoms with E-state index in [2.05, 4.69) is 12.2 Å². The van der Waals surface area contributed by atoms with Gasteiger partial charge in [0.05, 0.1) is 39.4 Å². The van der Waals surface area contributed by atoms with Crippen molar-refractivity contribution in [3.05, 3.63) is 35.4 Å².